The van der Waals surface area contributed by atoms with Crippen LogP contribution in [0.25, 0.3) is 5.65 Å². The van der Waals surface area contributed by atoms with Crippen LogP contribution in [-0.2, 0) is 5.41 Å². The quantitative estimate of drug-likeness (QED) is 0.736. The van der Waals surface area contributed by atoms with Gasteiger partial charge < -0.3 is 4.74 Å². The second kappa shape index (κ2) is 5.12. The van der Waals surface area contributed by atoms with Crippen molar-refractivity contribution in [3.63, 3.8) is 0 Å². The molecule has 21 heavy (non-hydrogen) atoms. The Morgan fingerprint density at radius 1 is 1.10 bits per heavy atom. The molecule has 0 aliphatic rings. The lowest BCUT2D eigenvalue weighted by Crippen LogP contribution is -2.14. The van der Waals surface area contributed by atoms with E-state index in [-0.39, 0.29) is 5.41 Å². The van der Waals surface area contributed by atoms with Gasteiger partial charge in [-0.2, -0.15) is 0 Å². The number of benzene rings is 1. The second-order valence-electron chi connectivity index (χ2n) is 5.56. The van der Waals surface area contributed by atoms with E-state index in [2.05, 4.69) is 53.5 Å². The van der Waals surface area contributed by atoms with Gasteiger partial charge in [-0.3, -0.25) is 0 Å². The van der Waals surface area contributed by atoms with Gasteiger partial charge in [0, 0.05) is 6.07 Å². The Labute approximate surface area is 122 Å². The standard InChI is InChI=1S/C15H17N5O/c1-4-15(2,3)11-5-7-12(8-6-11)21-14-10-9-13-16-18-19-20(13)17-14/h5-10H,4H2,1-3H3. The number of nitrogens with zero attached hydrogens (tertiary/aromatic N) is 5. The maximum absolute atomic E-state index is 5.73. The molecular weight excluding hydrogens is 266 g/mol. The zero-order valence-electron chi connectivity index (χ0n) is 12.3. The molecule has 0 N–H and O–H groups in total. The van der Waals surface area contributed by atoms with E-state index in [0.29, 0.717) is 11.5 Å². The van der Waals surface area contributed by atoms with Gasteiger partial charge in [-0.15, -0.1) is 14.8 Å². The highest BCUT2D eigenvalue weighted by Crippen LogP contribution is 2.29. The molecule has 3 aromatic rings. The topological polar surface area (TPSA) is 65.2 Å². The Morgan fingerprint density at radius 3 is 2.57 bits per heavy atom. The molecule has 0 saturated carbocycles. The normalized spacial score (nSPS) is 11.8. The third-order valence-electron chi connectivity index (χ3n) is 3.79. The average molecular weight is 283 g/mol. The van der Waals surface area contributed by atoms with E-state index in [0.717, 1.165) is 12.2 Å². The van der Waals surface area contributed by atoms with Crippen LogP contribution in [0.1, 0.15) is 32.8 Å². The van der Waals surface area contributed by atoms with Crippen LogP contribution >= 0.6 is 0 Å². The van der Waals surface area contributed by atoms with E-state index in [9.17, 15) is 0 Å². The van der Waals surface area contributed by atoms with Crippen molar-refractivity contribution in [3.05, 3.63) is 42.0 Å². The Kier molecular flexibility index (Phi) is 3.29. The van der Waals surface area contributed by atoms with E-state index < -0.39 is 0 Å². The summed E-state index contributed by atoms with van der Waals surface area (Å²) >= 11 is 0. The number of ether oxygens (including phenoxy) is 1. The smallest absolute Gasteiger partial charge is 0.239 e. The Balaban J connectivity index is 1.81. The summed E-state index contributed by atoms with van der Waals surface area (Å²) in [6.07, 6.45) is 1.09. The molecule has 2 aromatic heterocycles. The number of hydrogen-bond acceptors (Lipinski definition) is 5. The van der Waals surface area contributed by atoms with Crippen LogP contribution < -0.4 is 4.74 Å². The largest absolute Gasteiger partial charge is 0.438 e. The molecule has 3 rings (SSSR count). The lowest BCUT2D eigenvalue weighted by atomic mass is 9.82. The van der Waals surface area contributed by atoms with E-state index in [1.807, 2.05) is 12.1 Å². The van der Waals surface area contributed by atoms with E-state index in [1.54, 1.807) is 12.1 Å². The van der Waals surface area contributed by atoms with Crippen LogP contribution in [0, 0.1) is 0 Å². The minimum Gasteiger partial charge on any atom is -0.438 e. The molecule has 0 saturated heterocycles. The van der Waals surface area contributed by atoms with Crippen molar-refractivity contribution < 1.29 is 4.74 Å². The molecule has 0 unspecified atom stereocenters. The van der Waals surface area contributed by atoms with Crippen molar-refractivity contribution >= 4 is 5.65 Å². The second-order valence-corrected chi connectivity index (χ2v) is 5.56. The fourth-order valence-electron chi connectivity index (χ4n) is 1.99. The van der Waals surface area contributed by atoms with Crippen molar-refractivity contribution in [3.8, 4) is 11.6 Å². The van der Waals surface area contributed by atoms with E-state index in [4.69, 9.17) is 4.74 Å². The van der Waals surface area contributed by atoms with Crippen LogP contribution in [0.15, 0.2) is 36.4 Å². The lowest BCUT2D eigenvalue weighted by Gasteiger charge is -2.23. The maximum Gasteiger partial charge on any atom is 0.239 e. The molecule has 0 fully saturated rings. The fraction of sp³-hybridized carbons (Fsp3) is 0.333. The minimum atomic E-state index is 0.169. The highest BCUT2D eigenvalue weighted by molar-refractivity contribution is 5.37. The fourth-order valence-corrected chi connectivity index (χ4v) is 1.99. The number of tetrazole rings is 1. The molecule has 0 radical (unpaired) electrons. The Hall–Kier alpha value is -2.50. The first-order valence-electron chi connectivity index (χ1n) is 6.92. The molecule has 0 aliphatic heterocycles. The van der Waals surface area contributed by atoms with Crippen LogP contribution in [0.2, 0.25) is 0 Å². The van der Waals surface area contributed by atoms with Crippen LogP contribution in [0.5, 0.6) is 11.6 Å². The summed E-state index contributed by atoms with van der Waals surface area (Å²) < 4.78 is 7.07. The first kappa shape index (κ1) is 13.5. The number of rotatable bonds is 4. The first-order valence-corrected chi connectivity index (χ1v) is 6.92. The van der Waals surface area contributed by atoms with Gasteiger partial charge in [-0.25, -0.2) is 0 Å². The van der Waals surface area contributed by atoms with Gasteiger partial charge in [-0.1, -0.05) is 32.9 Å². The molecule has 0 atom stereocenters. The predicted octanol–water partition coefficient (Wildman–Crippen LogP) is 3.00. The molecule has 0 bridgehead atoms. The maximum atomic E-state index is 5.73. The predicted molar refractivity (Wildman–Crippen MR) is 78.4 cm³/mol. The van der Waals surface area contributed by atoms with Crippen molar-refractivity contribution in [1.82, 2.24) is 25.3 Å². The number of hydrogen-bond donors (Lipinski definition) is 0. The highest BCUT2D eigenvalue weighted by Gasteiger charge is 2.17. The van der Waals surface area contributed by atoms with E-state index >= 15 is 0 Å². The van der Waals surface area contributed by atoms with Gasteiger partial charge in [0.15, 0.2) is 5.65 Å². The average Bonchev–Trinajstić information content (AvgIpc) is 2.95. The molecule has 1 aromatic carbocycles. The third-order valence-corrected chi connectivity index (χ3v) is 3.79. The van der Waals surface area contributed by atoms with Gasteiger partial charge in [0.2, 0.25) is 5.88 Å². The third kappa shape index (κ3) is 2.69. The number of aromatic nitrogens is 5. The van der Waals surface area contributed by atoms with Gasteiger partial charge >= 0.3 is 0 Å². The van der Waals surface area contributed by atoms with Gasteiger partial charge in [0.1, 0.15) is 5.75 Å². The molecule has 2 heterocycles. The lowest BCUT2D eigenvalue weighted by molar-refractivity contribution is 0.445. The molecular formula is C15H17N5O. The molecule has 6 nitrogen and oxygen atoms in total. The zero-order valence-corrected chi connectivity index (χ0v) is 12.3. The summed E-state index contributed by atoms with van der Waals surface area (Å²) in [5.74, 6) is 1.20. The van der Waals surface area contributed by atoms with Crippen molar-refractivity contribution in [2.75, 3.05) is 0 Å². The van der Waals surface area contributed by atoms with Crippen molar-refractivity contribution in [2.45, 2.75) is 32.6 Å². The van der Waals surface area contributed by atoms with Crippen LogP contribution in [-0.4, -0.2) is 25.3 Å². The van der Waals surface area contributed by atoms with Crippen LogP contribution in [0.4, 0.5) is 0 Å². The Morgan fingerprint density at radius 2 is 1.86 bits per heavy atom. The van der Waals surface area contributed by atoms with Crippen molar-refractivity contribution in [2.24, 2.45) is 0 Å². The van der Waals surface area contributed by atoms with Gasteiger partial charge in [0.25, 0.3) is 0 Å². The summed E-state index contributed by atoms with van der Waals surface area (Å²) in [4.78, 5) is 0. The number of fused-ring (bicyclic) bond motifs is 1. The summed E-state index contributed by atoms with van der Waals surface area (Å²) in [5, 5.41) is 15.3. The van der Waals surface area contributed by atoms with Gasteiger partial charge in [0.05, 0.1) is 0 Å². The van der Waals surface area contributed by atoms with E-state index in [1.165, 1.54) is 10.2 Å². The van der Waals surface area contributed by atoms with Crippen molar-refractivity contribution in [1.29, 1.82) is 0 Å². The Bertz CT molecular complexity index is 748. The molecule has 108 valence electrons. The SMILES string of the molecule is CCC(C)(C)c1ccc(Oc2ccc3nnnn3n2)cc1. The highest BCUT2D eigenvalue weighted by atomic mass is 16.5. The first-order chi connectivity index (χ1) is 10.1. The monoisotopic (exact) mass is 283 g/mol. The summed E-state index contributed by atoms with van der Waals surface area (Å²) in [5.41, 5.74) is 2.05. The zero-order chi connectivity index (χ0) is 14.9. The molecule has 0 amide bonds. The summed E-state index contributed by atoms with van der Waals surface area (Å²) in [6.45, 7) is 6.65. The molecule has 0 spiro atoms. The van der Waals surface area contributed by atoms with Gasteiger partial charge in [-0.05, 0) is 46.0 Å². The van der Waals surface area contributed by atoms with Crippen LogP contribution in [0.3, 0.4) is 0 Å². The summed E-state index contributed by atoms with van der Waals surface area (Å²) in [6, 6.07) is 11.6. The minimum absolute atomic E-state index is 0.169. The molecule has 6 heteroatoms. The summed E-state index contributed by atoms with van der Waals surface area (Å²) in [7, 11) is 0. The molecule has 0 aliphatic carbocycles.